The van der Waals surface area contributed by atoms with Crippen LogP contribution in [0.2, 0.25) is 10.8 Å². The molecule has 0 amide bonds. The Balaban J connectivity index is 0.00000414. The number of benzene rings is 2. The summed E-state index contributed by atoms with van der Waals surface area (Å²) in [6.07, 6.45) is 43.8. The molecule has 3 heteroatoms. The van der Waals surface area contributed by atoms with Crippen molar-refractivity contribution in [1.29, 1.82) is 0 Å². The summed E-state index contributed by atoms with van der Waals surface area (Å²) < 4.78 is 1.65. The van der Waals surface area contributed by atoms with Gasteiger partial charge in [-0.1, -0.05) is 170 Å². The Morgan fingerprint density at radius 2 is 0.672 bits per heavy atom. The minimum atomic E-state index is 0.950. The monoisotopic (exact) mass is 929 g/mol. The van der Waals surface area contributed by atoms with E-state index in [2.05, 4.69) is 89.6 Å². The summed E-state index contributed by atoms with van der Waals surface area (Å²) in [6, 6.07) is 10.1. The van der Waals surface area contributed by atoms with E-state index in [4.69, 9.17) is 0 Å². The molecule has 0 fully saturated rings. The minimum absolute atomic E-state index is 0.950. The second-order valence-corrected chi connectivity index (χ2v) is 20.1. The van der Waals surface area contributed by atoms with Crippen molar-refractivity contribution in [2.24, 2.45) is 0 Å². The Kier molecular flexibility index (Phi) is 32.2. The van der Waals surface area contributed by atoms with E-state index in [9.17, 15) is 5.53 Å². The van der Waals surface area contributed by atoms with Crippen molar-refractivity contribution >= 4 is 11.4 Å². The Morgan fingerprint density at radius 3 is 0.984 bits per heavy atom. The van der Waals surface area contributed by atoms with Crippen LogP contribution in [0.15, 0.2) is 35.9 Å². The van der Waals surface area contributed by atoms with E-state index in [1.807, 2.05) is 0 Å². The van der Waals surface area contributed by atoms with Crippen LogP contribution in [0.1, 0.15) is 266 Å². The summed E-state index contributed by atoms with van der Waals surface area (Å²) >= 11 is 0.950. The molecule has 0 spiro atoms. The zero-order valence-electron chi connectivity index (χ0n) is 41.9. The van der Waals surface area contributed by atoms with Gasteiger partial charge in [0, 0.05) is 22.8 Å². The van der Waals surface area contributed by atoms with E-state index in [1.165, 1.54) is 184 Å². The molecule has 0 bridgehead atoms. The molecule has 0 N–H and O–H groups in total. The molecule has 0 unspecified atom stereocenters. The first-order chi connectivity index (χ1) is 29.9. The third kappa shape index (κ3) is 20.7. The average Bonchev–Trinajstić information content (AvgIpc) is 3.59. The Labute approximate surface area is 389 Å². The van der Waals surface area contributed by atoms with Crippen LogP contribution in [-0.2, 0) is 56.5 Å². The van der Waals surface area contributed by atoms with Crippen molar-refractivity contribution < 1.29 is 22.7 Å². The predicted molar refractivity (Wildman–Crippen MR) is 270 cm³/mol. The first-order valence-corrected chi connectivity index (χ1v) is 29.5. The molecule has 1 aliphatic heterocycles. The quantitative estimate of drug-likeness (QED) is 0.0374. The van der Waals surface area contributed by atoms with Gasteiger partial charge in [0.1, 0.15) is 0 Å². The van der Waals surface area contributed by atoms with Crippen LogP contribution >= 0.6 is 0 Å². The molecule has 0 saturated heterocycles. The number of rotatable bonds is 35. The topological polar surface area (TPSA) is 25.3 Å². The van der Waals surface area contributed by atoms with E-state index >= 15 is 0 Å². The Morgan fingerprint density at radius 1 is 0.377 bits per heavy atom. The van der Waals surface area contributed by atoms with Crippen LogP contribution in [0.3, 0.4) is 0 Å². The first-order valence-electron chi connectivity index (χ1n) is 26.3. The van der Waals surface area contributed by atoms with E-state index < -0.39 is 0 Å². The predicted octanol–water partition coefficient (Wildman–Crippen LogP) is 19.6. The van der Waals surface area contributed by atoms with Gasteiger partial charge in [-0.05, 0) is 148 Å². The number of unbranched alkanes of at least 4 members (excludes halogenated alkanes) is 19. The zero-order valence-corrected chi connectivity index (χ0v) is 43.5. The molecule has 2 nitrogen and oxygen atoms in total. The molecule has 0 saturated carbocycles. The summed E-state index contributed by atoms with van der Waals surface area (Å²) in [4.78, 5) is 0. The molecule has 1 aliphatic rings. The normalized spacial score (nSPS) is 12.7. The second kappa shape index (κ2) is 35.5. The molecule has 0 atom stereocenters. The van der Waals surface area contributed by atoms with E-state index in [-0.39, 0.29) is 0 Å². The van der Waals surface area contributed by atoms with Crippen molar-refractivity contribution in [2.75, 3.05) is 0 Å². The Hall–Kier alpha value is -1.82. The number of aryl methyl sites for hydroxylation is 4. The van der Waals surface area contributed by atoms with Gasteiger partial charge in [-0.2, -0.15) is 0 Å². The SMILES string of the molecule is CCCCCCc1cc(C2=CC(CCCC)=C(c3cc(CCCCCC)c(CCCCCC)c(CCCCCC)c3)[N+]2=[N-])cc(CCCCCC)c1CCCCCC.[CH3][Pd][CH3]. The van der Waals surface area contributed by atoms with Gasteiger partial charge in [0.25, 0.3) is 0 Å². The summed E-state index contributed by atoms with van der Waals surface area (Å²) in [5, 5.41) is 4.35. The number of hydrogen-bond donors (Lipinski definition) is 0. The van der Waals surface area contributed by atoms with Crippen molar-refractivity contribution in [3.05, 3.63) is 86.0 Å². The zero-order chi connectivity index (χ0) is 44.5. The molecule has 3 rings (SSSR count). The van der Waals surface area contributed by atoms with Gasteiger partial charge in [-0.15, -0.1) is 0 Å². The van der Waals surface area contributed by atoms with Gasteiger partial charge in [0.2, 0.25) is 11.4 Å². The molecule has 1 heterocycles. The fourth-order valence-electron chi connectivity index (χ4n) is 9.46. The summed E-state index contributed by atoms with van der Waals surface area (Å²) in [5.74, 6) is 0. The van der Waals surface area contributed by atoms with Gasteiger partial charge in [0.05, 0.1) is 0 Å². The molecular formula is C58H98N2Pd. The summed E-state index contributed by atoms with van der Waals surface area (Å²) in [6.45, 7) is 16.3. The summed E-state index contributed by atoms with van der Waals surface area (Å²) in [5.41, 5.74) is 28.0. The molecule has 2 aromatic carbocycles. The number of nitrogens with zero attached hydrogens (tertiary/aromatic N) is 2. The third-order valence-corrected chi connectivity index (χ3v) is 13.1. The standard InChI is InChI=1S/C56H92N2.2CH3.Pd/c1-8-15-22-28-35-46-41-51(42-47(36-29-23-16-9-2)53(46)39-32-26-19-12-5)55-45-50(34-21-14-7)56(58(55)57)52-43-48(37-30-24-17-10-3)54(40-33-27-20-13-6)49(44-52)38-31-25-18-11-4;;;/h41-45H,8-40H2,1-7H3;2*1H3;. The summed E-state index contributed by atoms with van der Waals surface area (Å²) in [7, 11) is 0. The maximum absolute atomic E-state index is 12.6. The second-order valence-electron chi connectivity index (χ2n) is 18.5. The van der Waals surface area contributed by atoms with Gasteiger partial charge in [0.15, 0.2) is 0 Å². The van der Waals surface area contributed by atoms with Crippen LogP contribution in [0.5, 0.6) is 0 Å². The molecule has 2 aromatic rings. The number of hydrogen-bond acceptors (Lipinski definition) is 0. The number of allylic oxidation sites excluding steroid dienone is 2. The fourth-order valence-corrected chi connectivity index (χ4v) is 9.46. The van der Waals surface area contributed by atoms with Crippen LogP contribution in [0, 0.1) is 0 Å². The van der Waals surface area contributed by atoms with E-state index in [0.717, 1.165) is 74.3 Å². The average molecular weight is 930 g/mol. The van der Waals surface area contributed by atoms with Gasteiger partial charge < -0.3 is 5.53 Å². The van der Waals surface area contributed by atoms with Crippen molar-refractivity contribution in [3.63, 3.8) is 0 Å². The molecule has 0 aliphatic carbocycles. The van der Waals surface area contributed by atoms with E-state index in [1.54, 1.807) is 38.1 Å². The Bertz CT molecular complexity index is 1460. The molecule has 350 valence electrons. The van der Waals surface area contributed by atoms with Crippen molar-refractivity contribution in [1.82, 2.24) is 0 Å². The van der Waals surface area contributed by atoms with Gasteiger partial charge in [-0.3, -0.25) is 0 Å². The van der Waals surface area contributed by atoms with Crippen LogP contribution in [-0.4, -0.2) is 4.70 Å². The third-order valence-electron chi connectivity index (χ3n) is 13.1. The molecule has 0 aromatic heterocycles. The molecular weight excluding hydrogens is 831 g/mol. The van der Waals surface area contributed by atoms with Gasteiger partial charge in [-0.25, -0.2) is 4.70 Å². The van der Waals surface area contributed by atoms with Crippen LogP contribution in [0.25, 0.3) is 16.9 Å². The van der Waals surface area contributed by atoms with Crippen LogP contribution in [0.4, 0.5) is 0 Å². The fraction of sp³-hybridized carbons (Fsp3) is 0.724. The van der Waals surface area contributed by atoms with Crippen molar-refractivity contribution in [2.45, 2.75) is 271 Å². The van der Waals surface area contributed by atoms with Crippen LogP contribution < -0.4 is 0 Å². The van der Waals surface area contributed by atoms with Crippen molar-refractivity contribution in [3.8, 4) is 0 Å². The van der Waals surface area contributed by atoms with Gasteiger partial charge >= 0.3 is 28.8 Å². The molecule has 0 radical (unpaired) electrons. The van der Waals surface area contributed by atoms with E-state index in [0.29, 0.717) is 0 Å². The maximum atomic E-state index is 12.6. The molecule has 61 heavy (non-hydrogen) atoms. The first kappa shape index (κ1) is 55.3.